The molecule has 0 saturated heterocycles. The minimum Gasteiger partial charge on any atom is -0.475 e. The molecule has 0 unspecified atom stereocenters. The highest BCUT2D eigenvalue weighted by molar-refractivity contribution is 5.95. The van der Waals surface area contributed by atoms with Crippen molar-refractivity contribution < 1.29 is 23.8 Å². The Balaban J connectivity index is 2.43. The fourth-order valence-electron chi connectivity index (χ4n) is 1.36. The molecule has 0 aliphatic rings. The summed E-state index contributed by atoms with van der Waals surface area (Å²) in [6.07, 6.45) is 1.29. The van der Waals surface area contributed by atoms with E-state index in [0.717, 1.165) is 0 Å². The molecule has 0 atom stereocenters. The van der Waals surface area contributed by atoms with E-state index < -0.39 is 11.9 Å². The number of carboxylic acid groups (broad SMARTS) is 1. The zero-order valence-electron chi connectivity index (χ0n) is 8.97. The van der Waals surface area contributed by atoms with Gasteiger partial charge >= 0.3 is 11.9 Å². The smallest absolute Gasteiger partial charge is 0.371 e. The molecule has 2 aromatic heterocycles. The summed E-state index contributed by atoms with van der Waals surface area (Å²) in [5.41, 5.74) is 0.438. The van der Waals surface area contributed by atoms with Gasteiger partial charge < -0.3 is 14.3 Å². The van der Waals surface area contributed by atoms with E-state index >= 15 is 0 Å². The van der Waals surface area contributed by atoms with Crippen LogP contribution in [-0.2, 0) is 4.74 Å². The summed E-state index contributed by atoms with van der Waals surface area (Å²) < 4.78 is 9.77. The second-order valence-corrected chi connectivity index (χ2v) is 3.25. The third-order valence-corrected chi connectivity index (χ3v) is 2.09. The number of carbonyl (C=O) groups is 2. The largest absolute Gasteiger partial charge is 0.475 e. The first kappa shape index (κ1) is 11.1. The standard InChI is InChI=1S/C11H9NO5/c1-2-16-11(15)7-3-6-4-8(10(13)14)17-9(6)12-5-7/h3-5H,2H2,1H3,(H,13,14). The van der Waals surface area contributed by atoms with Crippen molar-refractivity contribution in [1.82, 2.24) is 4.98 Å². The normalized spacial score (nSPS) is 10.4. The van der Waals surface area contributed by atoms with E-state index in [0.29, 0.717) is 5.39 Å². The molecule has 2 rings (SSSR count). The van der Waals surface area contributed by atoms with Crippen LogP contribution in [0.25, 0.3) is 11.1 Å². The van der Waals surface area contributed by atoms with Crippen LogP contribution in [0.2, 0.25) is 0 Å². The minimum absolute atomic E-state index is 0.176. The van der Waals surface area contributed by atoms with Crippen LogP contribution in [0.15, 0.2) is 22.7 Å². The first-order valence-electron chi connectivity index (χ1n) is 4.92. The monoisotopic (exact) mass is 235 g/mol. The van der Waals surface area contributed by atoms with Crippen molar-refractivity contribution in [3.05, 3.63) is 29.7 Å². The lowest BCUT2D eigenvalue weighted by molar-refractivity contribution is 0.0525. The molecule has 0 fully saturated rings. The van der Waals surface area contributed by atoms with Crippen LogP contribution in [0.1, 0.15) is 27.8 Å². The number of aromatic carboxylic acids is 1. The fraction of sp³-hybridized carbons (Fsp3) is 0.182. The second kappa shape index (κ2) is 4.25. The lowest BCUT2D eigenvalue weighted by atomic mass is 10.2. The highest BCUT2D eigenvalue weighted by Crippen LogP contribution is 2.18. The molecule has 17 heavy (non-hydrogen) atoms. The van der Waals surface area contributed by atoms with Crippen LogP contribution >= 0.6 is 0 Å². The number of ether oxygens (including phenoxy) is 1. The Morgan fingerprint density at radius 3 is 2.88 bits per heavy atom. The Labute approximate surface area is 95.8 Å². The van der Waals surface area contributed by atoms with Crippen molar-refractivity contribution >= 4 is 23.0 Å². The van der Waals surface area contributed by atoms with Gasteiger partial charge in [0.2, 0.25) is 11.5 Å². The molecule has 0 spiro atoms. The number of hydrogen-bond donors (Lipinski definition) is 1. The number of furan rings is 1. The summed E-state index contributed by atoms with van der Waals surface area (Å²) in [6.45, 7) is 1.97. The number of aromatic nitrogens is 1. The van der Waals surface area contributed by atoms with E-state index in [1.807, 2.05) is 0 Å². The number of esters is 1. The maximum absolute atomic E-state index is 11.4. The van der Waals surface area contributed by atoms with Gasteiger partial charge in [-0.1, -0.05) is 0 Å². The molecular formula is C11H9NO5. The van der Waals surface area contributed by atoms with E-state index in [1.165, 1.54) is 18.3 Å². The van der Waals surface area contributed by atoms with Crippen LogP contribution < -0.4 is 0 Å². The number of rotatable bonds is 3. The van der Waals surface area contributed by atoms with E-state index in [2.05, 4.69) is 4.98 Å². The van der Waals surface area contributed by atoms with E-state index in [4.69, 9.17) is 14.3 Å². The minimum atomic E-state index is -1.18. The molecule has 1 N–H and O–H groups in total. The third kappa shape index (κ3) is 2.10. The predicted octanol–water partition coefficient (Wildman–Crippen LogP) is 1.70. The van der Waals surface area contributed by atoms with Crippen molar-refractivity contribution in [2.75, 3.05) is 6.61 Å². The van der Waals surface area contributed by atoms with Gasteiger partial charge in [-0.2, -0.15) is 0 Å². The Bertz CT molecular complexity index is 587. The lowest BCUT2D eigenvalue weighted by Gasteiger charge is -1.99. The average molecular weight is 235 g/mol. The maximum atomic E-state index is 11.4. The van der Waals surface area contributed by atoms with Crippen molar-refractivity contribution in [2.45, 2.75) is 6.92 Å². The number of carbonyl (C=O) groups excluding carboxylic acids is 1. The molecule has 0 amide bonds. The summed E-state index contributed by atoms with van der Waals surface area (Å²) in [7, 11) is 0. The van der Waals surface area contributed by atoms with Gasteiger partial charge in [0.25, 0.3) is 0 Å². The fourth-order valence-corrected chi connectivity index (χ4v) is 1.36. The van der Waals surface area contributed by atoms with Crippen molar-refractivity contribution in [1.29, 1.82) is 0 Å². The third-order valence-electron chi connectivity index (χ3n) is 2.09. The summed E-state index contributed by atoms with van der Waals surface area (Å²) in [6, 6.07) is 2.80. The Hall–Kier alpha value is -2.37. The van der Waals surface area contributed by atoms with Crippen LogP contribution in [0.3, 0.4) is 0 Å². The van der Waals surface area contributed by atoms with Gasteiger partial charge in [0.05, 0.1) is 12.2 Å². The topological polar surface area (TPSA) is 89.6 Å². The molecule has 6 nitrogen and oxygen atoms in total. The Kier molecular flexibility index (Phi) is 2.78. The summed E-state index contributed by atoms with van der Waals surface area (Å²) in [5, 5.41) is 9.19. The number of fused-ring (bicyclic) bond motifs is 1. The number of hydrogen-bond acceptors (Lipinski definition) is 5. The molecule has 6 heteroatoms. The van der Waals surface area contributed by atoms with Gasteiger partial charge in [0.15, 0.2) is 0 Å². The highest BCUT2D eigenvalue weighted by atomic mass is 16.5. The second-order valence-electron chi connectivity index (χ2n) is 3.25. The molecule has 0 radical (unpaired) electrons. The van der Waals surface area contributed by atoms with Gasteiger partial charge in [0, 0.05) is 17.6 Å². The molecular weight excluding hydrogens is 226 g/mol. The van der Waals surface area contributed by atoms with Gasteiger partial charge in [0.1, 0.15) is 0 Å². The first-order chi connectivity index (χ1) is 8.11. The first-order valence-corrected chi connectivity index (χ1v) is 4.92. The number of nitrogens with zero attached hydrogens (tertiary/aromatic N) is 1. The number of carboxylic acids is 1. The van der Waals surface area contributed by atoms with Crippen LogP contribution in [-0.4, -0.2) is 28.6 Å². The summed E-state index contributed by atoms with van der Waals surface area (Å²) in [5.74, 6) is -1.89. The molecule has 0 aromatic carbocycles. The molecule has 2 heterocycles. The Morgan fingerprint density at radius 1 is 1.47 bits per heavy atom. The molecule has 0 aliphatic carbocycles. The van der Waals surface area contributed by atoms with Crippen molar-refractivity contribution in [3.8, 4) is 0 Å². The van der Waals surface area contributed by atoms with Gasteiger partial charge in [-0.3, -0.25) is 0 Å². The maximum Gasteiger partial charge on any atom is 0.371 e. The van der Waals surface area contributed by atoms with Crippen LogP contribution in [0.5, 0.6) is 0 Å². The van der Waals surface area contributed by atoms with Gasteiger partial charge in [-0.05, 0) is 13.0 Å². The Morgan fingerprint density at radius 2 is 2.24 bits per heavy atom. The molecule has 0 bridgehead atoms. The van der Waals surface area contributed by atoms with Crippen LogP contribution in [0.4, 0.5) is 0 Å². The zero-order chi connectivity index (χ0) is 12.4. The zero-order valence-corrected chi connectivity index (χ0v) is 8.97. The summed E-state index contributed by atoms with van der Waals surface area (Å²) >= 11 is 0. The molecule has 2 aromatic rings. The lowest BCUT2D eigenvalue weighted by Crippen LogP contribution is -2.04. The predicted molar refractivity (Wildman–Crippen MR) is 56.9 cm³/mol. The van der Waals surface area contributed by atoms with E-state index in [-0.39, 0.29) is 23.6 Å². The van der Waals surface area contributed by atoms with Crippen molar-refractivity contribution in [3.63, 3.8) is 0 Å². The quantitative estimate of drug-likeness (QED) is 0.814. The van der Waals surface area contributed by atoms with Crippen LogP contribution in [0, 0.1) is 0 Å². The van der Waals surface area contributed by atoms with Crippen molar-refractivity contribution in [2.24, 2.45) is 0 Å². The van der Waals surface area contributed by atoms with Gasteiger partial charge in [-0.25, -0.2) is 14.6 Å². The molecule has 0 saturated carbocycles. The SMILES string of the molecule is CCOC(=O)c1cnc2oc(C(=O)O)cc2c1. The highest BCUT2D eigenvalue weighted by Gasteiger charge is 2.14. The average Bonchev–Trinajstić information content (AvgIpc) is 2.71. The van der Waals surface area contributed by atoms with Gasteiger partial charge in [-0.15, -0.1) is 0 Å². The summed E-state index contributed by atoms with van der Waals surface area (Å²) in [4.78, 5) is 26.0. The van der Waals surface area contributed by atoms with E-state index in [9.17, 15) is 9.59 Å². The van der Waals surface area contributed by atoms with E-state index in [1.54, 1.807) is 6.92 Å². The molecule has 88 valence electrons. The molecule has 0 aliphatic heterocycles. The number of pyridine rings is 1.